The third-order valence-corrected chi connectivity index (χ3v) is 4.32. The van der Waals surface area contributed by atoms with Gasteiger partial charge in [-0.05, 0) is 49.4 Å². The molecule has 0 aliphatic carbocycles. The number of aromatic nitrogens is 2. The smallest absolute Gasteiger partial charge is 0.262 e. The summed E-state index contributed by atoms with van der Waals surface area (Å²) in [6, 6.07) is 20.5. The number of nitrogens with one attached hydrogen (secondary N) is 1. The molecule has 1 aromatic heterocycles. The second kappa shape index (κ2) is 8.57. The first kappa shape index (κ1) is 19.3. The van der Waals surface area contributed by atoms with Gasteiger partial charge in [-0.3, -0.25) is 4.79 Å². The summed E-state index contributed by atoms with van der Waals surface area (Å²) < 4.78 is 24.0. The molecule has 150 valence electrons. The van der Waals surface area contributed by atoms with Crippen LogP contribution in [0.25, 0.3) is 22.8 Å². The topological polar surface area (TPSA) is 77.2 Å². The van der Waals surface area contributed by atoms with Crippen LogP contribution in [0.15, 0.2) is 77.3 Å². The quantitative estimate of drug-likeness (QED) is 0.497. The Morgan fingerprint density at radius 3 is 2.50 bits per heavy atom. The van der Waals surface area contributed by atoms with E-state index in [1.165, 1.54) is 18.2 Å². The fraction of sp³-hybridized carbons (Fsp3) is 0.0870. The minimum absolute atomic E-state index is 0.200. The lowest BCUT2D eigenvalue weighted by Crippen LogP contribution is -2.20. The maximum atomic E-state index is 13.2. The van der Waals surface area contributed by atoms with E-state index in [-0.39, 0.29) is 12.5 Å². The van der Waals surface area contributed by atoms with Crippen molar-refractivity contribution in [2.45, 2.75) is 6.92 Å². The Labute approximate surface area is 172 Å². The highest BCUT2D eigenvalue weighted by Crippen LogP contribution is 2.24. The van der Waals surface area contributed by atoms with Gasteiger partial charge in [0.15, 0.2) is 6.61 Å². The number of halogens is 1. The molecule has 1 heterocycles. The summed E-state index contributed by atoms with van der Waals surface area (Å²) in [6.45, 7) is 1.81. The number of aryl methyl sites for hydroxylation is 1. The van der Waals surface area contributed by atoms with Gasteiger partial charge in [-0.25, -0.2) is 4.39 Å². The van der Waals surface area contributed by atoms with E-state index in [4.69, 9.17) is 9.26 Å². The van der Waals surface area contributed by atoms with Crippen molar-refractivity contribution in [1.82, 2.24) is 10.1 Å². The molecule has 6 nitrogen and oxygen atoms in total. The SMILES string of the molecule is Cc1ccc(-c2noc(-c3ccc(OCC(=O)Nc4cccc(F)c4)cc3)n2)cc1. The maximum absolute atomic E-state index is 13.2. The van der Waals surface area contributed by atoms with Crippen LogP contribution in [0.3, 0.4) is 0 Å². The fourth-order valence-corrected chi connectivity index (χ4v) is 2.77. The van der Waals surface area contributed by atoms with Crippen LogP contribution in [0.2, 0.25) is 0 Å². The van der Waals surface area contributed by atoms with Gasteiger partial charge < -0.3 is 14.6 Å². The van der Waals surface area contributed by atoms with Crippen molar-refractivity contribution in [2.24, 2.45) is 0 Å². The Kier molecular flexibility index (Phi) is 5.52. The predicted octanol–water partition coefficient (Wildman–Crippen LogP) is 4.87. The zero-order chi connectivity index (χ0) is 20.9. The van der Waals surface area contributed by atoms with E-state index in [1.54, 1.807) is 30.3 Å². The number of carbonyl (C=O) groups excluding carboxylic acids is 1. The molecule has 1 N–H and O–H groups in total. The second-order valence-corrected chi connectivity index (χ2v) is 6.66. The molecule has 0 aliphatic rings. The molecule has 0 fully saturated rings. The lowest BCUT2D eigenvalue weighted by Gasteiger charge is -2.07. The molecule has 3 aromatic carbocycles. The summed E-state index contributed by atoms with van der Waals surface area (Å²) in [7, 11) is 0. The third-order valence-electron chi connectivity index (χ3n) is 4.32. The minimum Gasteiger partial charge on any atom is -0.484 e. The first-order valence-corrected chi connectivity index (χ1v) is 9.26. The molecular formula is C23H18FN3O3. The minimum atomic E-state index is -0.420. The number of hydrogen-bond donors (Lipinski definition) is 1. The van der Waals surface area contributed by atoms with Gasteiger partial charge in [0, 0.05) is 16.8 Å². The van der Waals surface area contributed by atoms with E-state index in [0.717, 1.165) is 16.7 Å². The summed E-state index contributed by atoms with van der Waals surface area (Å²) in [5, 5.41) is 6.60. The van der Waals surface area contributed by atoms with Gasteiger partial charge in [-0.2, -0.15) is 4.98 Å². The van der Waals surface area contributed by atoms with Crippen LogP contribution in [0.4, 0.5) is 10.1 Å². The fourth-order valence-electron chi connectivity index (χ4n) is 2.77. The van der Waals surface area contributed by atoms with Crippen LogP contribution in [-0.4, -0.2) is 22.7 Å². The highest BCUT2D eigenvalue weighted by Gasteiger charge is 2.11. The molecule has 4 aromatic rings. The average molecular weight is 403 g/mol. The highest BCUT2D eigenvalue weighted by molar-refractivity contribution is 5.91. The first-order chi connectivity index (χ1) is 14.6. The van der Waals surface area contributed by atoms with Crippen LogP contribution >= 0.6 is 0 Å². The molecule has 4 rings (SSSR count). The Balaban J connectivity index is 1.36. The summed E-state index contributed by atoms with van der Waals surface area (Å²) in [5.74, 6) is 0.604. The molecule has 7 heteroatoms. The van der Waals surface area contributed by atoms with Crippen LogP contribution in [0.1, 0.15) is 5.56 Å². The van der Waals surface area contributed by atoms with E-state index < -0.39 is 5.82 Å². The molecule has 0 saturated heterocycles. The van der Waals surface area contributed by atoms with Gasteiger partial charge in [0.1, 0.15) is 11.6 Å². The van der Waals surface area contributed by atoms with E-state index in [0.29, 0.717) is 23.2 Å². The number of hydrogen-bond acceptors (Lipinski definition) is 5. The van der Waals surface area contributed by atoms with E-state index in [9.17, 15) is 9.18 Å². The van der Waals surface area contributed by atoms with Gasteiger partial charge in [0.25, 0.3) is 11.8 Å². The van der Waals surface area contributed by atoms with Crippen LogP contribution in [-0.2, 0) is 4.79 Å². The number of carbonyl (C=O) groups is 1. The zero-order valence-corrected chi connectivity index (χ0v) is 16.1. The van der Waals surface area contributed by atoms with Crippen molar-refractivity contribution in [1.29, 1.82) is 0 Å². The Hall–Kier alpha value is -4.00. The summed E-state index contributed by atoms with van der Waals surface area (Å²) >= 11 is 0. The zero-order valence-electron chi connectivity index (χ0n) is 16.1. The Morgan fingerprint density at radius 1 is 1.03 bits per heavy atom. The predicted molar refractivity (Wildman–Crippen MR) is 110 cm³/mol. The number of ether oxygens (including phenoxy) is 1. The number of amides is 1. The molecule has 0 radical (unpaired) electrons. The number of nitrogens with zero attached hydrogens (tertiary/aromatic N) is 2. The molecule has 0 atom stereocenters. The Morgan fingerprint density at radius 2 is 1.77 bits per heavy atom. The summed E-state index contributed by atoms with van der Waals surface area (Å²) in [6.07, 6.45) is 0. The molecule has 0 unspecified atom stereocenters. The lowest BCUT2D eigenvalue weighted by molar-refractivity contribution is -0.118. The first-order valence-electron chi connectivity index (χ1n) is 9.26. The van der Waals surface area contributed by atoms with E-state index >= 15 is 0 Å². The van der Waals surface area contributed by atoms with Gasteiger partial charge in [0.2, 0.25) is 5.82 Å². The van der Waals surface area contributed by atoms with Crippen molar-refractivity contribution < 1.29 is 18.4 Å². The van der Waals surface area contributed by atoms with Crippen molar-refractivity contribution in [2.75, 3.05) is 11.9 Å². The second-order valence-electron chi connectivity index (χ2n) is 6.66. The molecule has 0 saturated carbocycles. The maximum Gasteiger partial charge on any atom is 0.262 e. The van der Waals surface area contributed by atoms with Crippen LogP contribution in [0, 0.1) is 12.7 Å². The molecular weight excluding hydrogens is 385 g/mol. The highest BCUT2D eigenvalue weighted by atomic mass is 19.1. The van der Waals surface area contributed by atoms with Gasteiger partial charge in [0.05, 0.1) is 0 Å². The molecule has 0 spiro atoms. The monoisotopic (exact) mass is 403 g/mol. The molecule has 0 aliphatic heterocycles. The summed E-state index contributed by atoms with van der Waals surface area (Å²) in [5.41, 5.74) is 3.14. The molecule has 30 heavy (non-hydrogen) atoms. The van der Waals surface area contributed by atoms with Gasteiger partial charge in [-0.15, -0.1) is 0 Å². The Bertz CT molecular complexity index is 1160. The van der Waals surface area contributed by atoms with Crippen molar-refractivity contribution >= 4 is 11.6 Å². The van der Waals surface area contributed by atoms with Crippen LogP contribution in [0.5, 0.6) is 5.75 Å². The van der Waals surface area contributed by atoms with Gasteiger partial charge in [-0.1, -0.05) is 41.1 Å². The van der Waals surface area contributed by atoms with Crippen molar-refractivity contribution in [3.8, 4) is 28.6 Å². The standard InChI is InChI=1S/C23H18FN3O3/c1-15-5-7-16(8-6-15)22-26-23(30-27-22)17-9-11-20(12-10-17)29-14-21(28)25-19-4-2-3-18(24)13-19/h2-13H,14H2,1H3,(H,25,28). The average Bonchev–Trinajstić information content (AvgIpc) is 3.23. The number of rotatable bonds is 6. The molecule has 0 bridgehead atoms. The lowest BCUT2D eigenvalue weighted by atomic mass is 10.1. The number of benzene rings is 3. The van der Waals surface area contributed by atoms with E-state index in [2.05, 4.69) is 15.5 Å². The van der Waals surface area contributed by atoms with E-state index in [1.807, 2.05) is 31.2 Å². The molecule has 1 amide bonds. The van der Waals surface area contributed by atoms with Crippen molar-refractivity contribution in [3.05, 3.63) is 84.2 Å². The third kappa shape index (κ3) is 4.70. The largest absolute Gasteiger partial charge is 0.484 e. The summed E-state index contributed by atoms with van der Waals surface area (Å²) in [4.78, 5) is 16.4. The van der Waals surface area contributed by atoms with Gasteiger partial charge >= 0.3 is 0 Å². The van der Waals surface area contributed by atoms with Crippen LogP contribution < -0.4 is 10.1 Å². The number of anilines is 1. The normalized spacial score (nSPS) is 10.6. The van der Waals surface area contributed by atoms with Crippen molar-refractivity contribution in [3.63, 3.8) is 0 Å².